The summed E-state index contributed by atoms with van der Waals surface area (Å²) in [6.45, 7) is 0.135. The smallest absolute Gasteiger partial charge is 0.226 e. The highest BCUT2D eigenvalue weighted by atomic mass is 16.6. The van der Waals surface area contributed by atoms with E-state index in [-0.39, 0.29) is 5.82 Å². The lowest BCUT2D eigenvalue weighted by atomic mass is 10.1. The van der Waals surface area contributed by atoms with E-state index in [9.17, 15) is 15.3 Å². The molecule has 2 aromatic heterocycles. The molecular weight excluding hydrogens is 392 g/mol. The van der Waals surface area contributed by atoms with Crippen LogP contribution < -0.4 is 15.8 Å². The third-order valence-corrected chi connectivity index (χ3v) is 5.07. The lowest BCUT2D eigenvalue weighted by molar-refractivity contribution is -0.0511. The fourth-order valence-corrected chi connectivity index (χ4v) is 3.46. The molecule has 3 heterocycles. The topological polar surface area (TPSA) is 161 Å². The van der Waals surface area contributed by atoms with Crippen molar-refractivity contribution in [3.63, 3.8) is 0 Å². The molecule has 1 aliphatic rings. The number of nitrogens with zero attached hydrogens (tertiary/aromatic N) is 4. The number of benzene rings is 1. The number of aromatic nitrogens is 4. The van der Waals surface area contributed by atoms with Gasteiger partial charge in [-0.05, 0) is 24.1 Å². The van der Waals surface area contributed by atoms with Gasteiger partial charge in [-0.3, -0.25) is 4.57 Å². The van der Waals surface area contributed by atoms with Gasteiger partial charge in [-0.1, -0.05) is 12.1 Å². The number of rotatable bonds is 7. The van der Waals surface area contributed by atoms with Crippen LogP contribution in [0.1, 0.15) is 11.8 Å². The zero-order valence-corrected chi connectivity index (χ0v) is 16.3. The molecule has 1 saturated heterocycles. The van der Waals surface area contributed by atoms with Gasteiger partial charge in [0.05, 0.1) is 20.0 Å². The molecule has 0 saturated carbocycles. The molecule has 4 rings (SSSR count). The number of aliphatic hydroxyl groups is 3. The second-order valence-corrected chi connectivity index (χ2v) is 7.01. The van der Waals surface area contributed by atoms with Gasteiger partial charge in [0.25, 0.3) is 0 Å². The average molecular weight is 416 g/mol. The fraction of sp³-hybridized carbons (Fsp3) is 0.421. The number of imidazole rings is 1. The van der Waals surface area contributed by atoms with Gasteiger partial charge in [0.1, 0.15) is 29.6 Å². The van der Waals surface area contributed by atoms with Crippen LogP contribution in [-0.2, 0) is 11.2 Å². The summed E-state index contributed by atoms with van der Waals surface area (Å²) < 4.78 is 12.3. The summed E-state index contributed by atoms with van der Waals surface area (Å²) in [5.74, 6) is 1.27. The largest absolute Gasteiger partial charge is 0.497 e. The van der Waals surface area contributed by atoms with Gasteiger partial charge in [0, 0.05) is 6.54 Å². The first-order valence-corrected chi connectivity index (χ1v) is 9.51. The maximum atomic E-state index is 10.3. The third-order valence-electron chi connectivity index (χ3n) is 5.07. The van der Waals surface area contributed by atoms with Gasteiger partial charge in [-0.15, -0.1) is 0 Å². The Morgan fingerprint density at radius 1 is 1.27 bits per heavy atom. The number of hydrogen-bond acceptors (Lipinski definition) is 10. The number of aliphatic hydroxyl groups excluding tert-OH is 3. The van der Waals surface area contributed by atoms with Crippen molar-refractivity contribution in [2.24, 2.45) is 0 Å². The predicted octanol–water partition coefficient (Wildman–Crippen LogP) is -0.317. The molecule has 0 aliphatic carbocycles. The van der Waals surface area contributed by atoms with Gasteiger partial charge in [-0.25, -0.2) is 4.98 Å². The quantitative estimate of drug-likeness (QED) is 0.345. The minimum atomic E-state index is -1.25. The monoisotopic (exact) mass is 416 g/mol. The first-order valence-electron chi connectivity index (χ1n) is 9.51. The van der Waals surface area contributed by atoms with E-state index >= 15 is 0 Å². The van der Waals surface area contributed by atoms with Crippen LogP contribution in [0.2, 0.25) is 0 Å². The molecule has 0 bridgehead atoms. The van der Waals surface area contributed by atoms with Crippen LogP contribution in [0.4, 0.5) is 11.8 Å². The lowest BCUT2D eigenvalue weighted by Gasteiger charge is -2.16. The van der Waals surface area contributed by atoms with E-state index in [1.165, 1.54) is 10.9 Å². The Balaban J connectivity index is 1.53. The van der Waals surface area contributed by atoms with Crippen LogP contribution in [0.5, 0.6) is 5.75 Å². The number of fused-ring (bicyclic) bond motifs is 1. The first kappa shape index (κ1) is 20.3. The third kappa shape index (κ3) is 3.75. The fourth-order valence-electron chi connectivity index (χ4n) is 3.46. The molecule has 11 heteroatoms. The Labute approximate surface area is 172 Å². The summed E-state index contributed by atoms with van der Waals surface area (Å²) in [7, 11) is 1.62. The van der Waals surface area contributed by atoms with Crippen LogP contribution in [0.25, 0.3) is 11.2 Å². The Kier molecular flexibility index (Phi) is 5.68. The zero-order chi connectivity index (χ0) is 21.3. The van der Waals surface area contributed by atoms with Crippen molar-refractivity contribution >= 4 is 22.9 Å². The van der Waals surface area contributed by atoms with Crippen LogP contribution in [0.15, 0.2) is 30.6 Å². The number of nitrogens with one attached hydrogen (secondary N) is 1. The van der Waals surface area contributed by atoms with Crippen LogP contribution in [-0.4, -0.2) is 73.4 Å². The molecule has 11 nitrogen and oxygen atoms in total. The van der Waals surface area contributed by atoms with E-state index in [1.54, 1.807) is 7.11 Å². The molecule has 0 radical (unpaired) electrons. The van der Waals surface area contributed by atoms with Crippen LogP contribution in [0, 0.1) is 0 Å². The van der Waals surface area contributed by atoms with E-state index in [1.807, 2.05) is 24.3 Å². The molecule has 4 atom stereocenters. The van der Waals surface area contributed by atoms with E-state index in [4.69, 9.17) is 15.2 Å². The van der Waals surface area contributed by atoms with Gasteiger partial charge in [0.15, 0.2) is 17.7 Å². The normalized spacial score (nSPS) is 23.7. The molecule has 0 unspecified atom stereocenters. The molecule has 1 fully saturated rings. The second-order valence-electron chi connectivity index (χ2n) is 7.01. The summed E-state index contributed by atoms with van der Waals surface area (Å²) in [5, 5.41) is 32.8. The molecule has 6 N–H and O–H groups in total. The Bertz CT molecular complexity index is 1030. The summed E-state index contributed by atoms with van der Waals surface area (Å²) in [5.41, 5.74) is 7.82. The van der Waals surface area contributed by atoms with E-state index in [0.29, 0.717) is 30.1 Å². The van der Waals surface area contributed by atoms with Gasteiger partial charge >= 0.3 is 0 Å². The Morgan fingerprint density at radius 3 is 2.83 bits per heavy atom. The summed E-state index contributed by atoms with van der Waals surface area (Å²) in [6, 6.07) is 7.76. The highest BCUT2D eigenvalue weighted by molar-refractivity contribution is 5.83. The lowest BCUT2D eigenvalue weighted by Crippen LogP contribution is -2.33. The molecular formula is C19H24N6O5. The minimum Gasteiger partial charge on any atom is -0.497 e. The minimum absolute atomic E-state index is 0.175. The molecule has 1 aromatic carbocycles. The van der Waals surface area contributed by atoms with Gasteiger partial charge in [0.2, 0.25) is 5.95 Å². The zero-order valence-electron chi connectivity index (χ0n) is 16.3. The summed E-state index contributed by atoms with van der Waals surface area (Å²) >= 11 is 0. The van der Waals surface area contributed by atoms with Crippen molar-refractivity contribution in [2.45, 2.75) is 31.0 Å². The van der Waals surface area contributed by atoms with E-state index < -0.39 is 31.1 Å². The van der Waals surface area contributed by atoms with Crippen molar-refractivity contribution in [3.05, 3.63) is 36.2 Å². The predicted molar refractivity (Wildman–Crippen MR) is 108 cm³/mol. The SMILES string of the molecule is COc1cccc(CCNc2nc(N)c3ncn([C@@H]4O[C@H](CO)[C@@H](O)[C@H]4O)c3n2)c1. The standard InChI is InChI=1S/C19H24N6O5/c1-29-11-4-2-3-10(7-11)5-6-21-19-23-16(20)13-17(24-19)25(9-22-13)18-15(28)14(27)12(8-26)30-18/h2-4,7,9,12,14-15,18,26-28H,5-6,8H2,1H3,(H3,20,21,23,24)/t12-,14-,15-,18-/m1/s1. The molecule has 0 spiro atoms. The van der Waals surface area contributed by atoms with Crippen LogP contribution >= 0.6 is 0 Å². The second kappa shape index (κ2) is 8.40. The highest BCUT2D eigenvalue weighted by Gasteiger charge is 2.44. The Hall–Kier alpha value is -2.99. The summed E-state index contributed by atoms with van der Waals surface area (Å²) in [6.07, 6.45) is -2.21. The molecule has 3 aromatic rings. The maximum Gasteiger partial charge on any atom is 0.226 e. The highest BCUT2D eigenvalue weighted by Crippen LogP contribution is 2.32. The van der Waals surface area contributed by atoms with E-state index in [2.05, 4.69) is 20.3 Å². The van der Waals surface area contributed by atoms with Crippen LogP contribution in [0.3, 0.4) is 0 Å². The molecule has 160 valence electrons. The number of nitrogen functional groups attached to an aromatic ring is 1. The molecule has 1 aliphatic heterocycles. The number of hydrogen-bond donors (Lipinski definition) is 5. The molecule has 30 heavy (non-hydrogen) atoms. The Morgan fingerprint density at radius 2 is 2.10 bits per heavy atom. The van der Waals surface area contributed by atoms with E-state index in [0.717, 1.165) is 11.3 Å². The van der Waals surface area contributed by atoms with Crippen molar-refractivity contribution in [1.29, 1.82) is 0 Å². The number of methoxy groups -OCH3 is 1. The first-order chi connectivity index (χ1) is 14.5. The molecule has 0 amide bonds. The average Bonchev–Trinajstić information content (AvgIpc) is 3.29. The van der Waals surface area contributed by atoms with Crippen molar-refractivity contribution in [3.8, 4) is 5.75 Å². The maximum absolute atomic E-state index is 10.3. The summed E-state index contributed by atoms with van der Waals surface area (Å²) in [4.78, 5) is 12.9. The van der Waals surface area contributed by atoms with Crippen molar-refractivity contribution in [2.75, 3.05) is 31.3 Å². The number of ether oxygens (including phenoxy) is 2. The van der Waals surface area contributed by atoms with Gasteiger partial charge < -0.3 is 35.8 Å². The van der Waals surface area contributed by atoms with Crippen molar-refractivity contribution in [1.82, 2.24) is 19.5 Å². The van der Waals surface area contributed by atoms with Crippen molar-refractivity contribution < 1.29 is 24.8 Å². The number of anilines is 2. The number of nitrogens with two attached hydrogens (primary N) is 1. The van der Waals surface area contributed by atoms with Gasteiger partial charge in [-0.2, -0.15) is 9.97 Å².